The largest absolute Gasteiger partial charge is 0.450 e. The second kappa shape index (κ2) is 9.41. The van der Waals surface area contributed by atoms with Crippen LogP contribution in [-0.2, 0) is 11.3 Å². The van der Waals surface area contributed by atoms with Crippen molar-refractivity contribution in [2.24, 2.45) is 0 Å². The third kappa shape index (κ3) is 5.47. The highest BCUT2D eigenvalue weighted by atomic mass is 35.5. The minimum Gasteiger partial charge on any atom is -0.450 e. The van der Waals surface area contributed by atoms with Crippen LogP contribution in [0, 0.1) is 0 Å². The second-order valence-electron chi connectivity index (χ2n) is 6.32. The number of hydrogen-bond donors (Lipinski definition) is 2. The highest BCUT2D eigenvalue weighted by molar-refractivity contribution is 6.31. The third-order valence-corrected chi connectivity index (χ3v) is 4.80. The van der Waals surface area contributed by atoms with Crippen LogP contribution in [0.15, 0.2) is 36.5 Å². The summed E-state index contributed by atoms with van der Waals surface area (Å²) in [5.41, 5.74) is 1.01. The quantitative estimate of drug-likeness (QED) is 0.782. The first-order chi connectivity index (χ1) is 13.2. The summed E-state index contributed by atoms with van der Waals surface area (Å²) in [6, 6.07) is 9.77. The first-order valence-electron chi connectivity index (χ1n) is 9.14. The van der Waals surface area contributed by atoms with E-state index in [2.05, 4.69) is 20.6 Å². The van der Waals surface area contributed by atoms with Crippen molar-refractivity contribution < 1.29 is 9.53 Å². The zero-order valence-corrected chi connectivity index (χ0v) is 16.1. The van der Waals surface area contributed by atoms with Gasteiger partial charge in [-0.05, 0) is 37.5 Å². The molecule has 2 heterocycles. The van der Waals surface area contributed by atoms with Gasteiger partial charge in [-0.2, -0.15) is 4.98 Å². The topological polar surface area (TPSA) is 79.4 Å². The molecule has 7 nitrogen and oxygen atoms in total. The summed E-state index contributed by atoms with van der Waals surface area (Å²) in [6.07, 6.45) is 3.15. The van der Waals surface area contributed by atoms with Gasteiger partial charge in [0.1, 0.15) is 5.82 Å². The van der Waals surface area contributed by atoms with E-state index in [-0.39, 0.29) is 12.1 Å². The van der Waals surface area contributed by atoms with Crippen LogP contribution < -0.4 is 10.6 Å². The molecule has 8 heteroatoms. The van der Waals surface area contributed by atoms with Crippen molar-refractivity contribution in [1.29, 1.82) is 0 Å². The molecular formula is C19H24ClN5O2. The van der Waals surface area contributed by atoms with E-state index in [1.165, 1.54) is 0 Å². The van der Waals surface area contributed by atoms with E-state index in [1.807, 2.05) is 37.3 Å². The van der Waals surface area contributed by atoms with E-state index in [9.17, 15) is 4.79 Å². The molecule has 0 saturated carbocycles. The van der Waals surface area contributed by atoms with Gasteiger partial charge >= 0.3 is 6.09 Å². The highest BCUT2D eigenvalue weighted by Crippen LogP contribution is 2.18. The number of likely N-dealkylation sites (tertiary alicyclic amines) is 1. The van der Waals surface area contributed by atoms with Crippen molar-refractivity contribution in [1.82, 2.24) is 14.9 Å². The molecule has 0 atom stereocenters. The normalized spacial score (nSPS) is 14.7. The summed E-state index contributed by atoms with van der Waals surface area (Å²) in [4.78, 5) is 22.3. The smallest absolute Gasteiger partial charge is 0.409 e. The molecule has 1 saturated heterocycles. The van der Waals surface area contributed by atoms with E-state index in [0.717, 1.165) is 29.2 Å². The van der Waals surface area contributed by atoms with Crippen LogP contribution in [0.1, 0.15) is 25.3 Å². The maximum absolute atomic E-state index is 11.8. The Kier molecular flexibility index (Phi) is 6.70. The zero-order chi connectivity index (χ0) is 19.1. The maximum Gasteiger partial charge on any atom is 0.409 e. The van der Waals surface area contributed by atoms with E-state index in [0.29, 0.717) is 32.2 Å². The Bertz CT molecular complexity index is 765. The lowest BCUT2D eigenvalue weighted by atomic mass is 10.1. The van der Waals surface area contributed by atoms with Gasteiger partial charge in [0.05, 0.1) is 6.61 Å². The number of ether oxygens (including phenoxy) is 1. The Hall–Kier alpha value is -2.54. The average molecular weight is 390 g/mol. The summed E-state index contributed by atoms with van der Waals surface area (Å²) in [5, 5.41) is 7.35. The zero-order valence-electron chi connectivity index (χ0n) is 15.3. The molecule has 2 N–H and O–H groups in total. The Morgan fingerprint density at radius 2 is 2.07 bits per heavy atom. The average Bonchev–Trinajstić information content (AvgIpc) is 2.68. The van der Waals surface area contributed by atoms with Crippen LogP contribution in [-0.4, -0.2) is 46.7 Å². The molecule has 27 heavy (non-hydrogen) atoms. The molecule has 2 aromatic rings. The number of nitrogens with one attached hydrogen (secondary N) is 2. The van der Waals surface area contributed by atoms with Crippen molar-refractivity contribution in [3.8, 4) is 0 Å². The minimum atomic E-state index is -0.238. The van der Waals surface area contributed by atoms with E-state index in [1.54, 1.807) is 11.1 Å². The molecule has 1 aromatic heterocycles. The molecule has 0 bridgehead atoms. The van der Waals surface area contributed by atoms with Gasteiger partial charge in [-0.3, -0.25) is 0 Å². The van der Waals surface area contributed by atoms with Crippen LogP contribution in [0.4, 0.5) is 16.6 Å². The monoisotopic (exact) mass is 389 g/mol. The van der Waals surface area contributed by atoms with Crippen molar-refractivity contribution in [3.63, 3.8) is 0 Å². The number of piperidine rings is 1. The lowest BCUT2D eigenvalue weighted by Gasteiger charge is -2.31. The SMILES string of the molecule is CCOC(=O)N1CCC(Nc2nccc(NCc3ccccc3Cl)n2)CC1. The second-order valence-corrected chi connectivity index (χ2v) is 6.72. The van der Waals surface area contributed by atoms with Gasteiger partial charge in [-0.25, -0.2) is 9.78 Å². The van der Waals surface area contributed by atoms with Gasteiger partial charge in [-0.15, -0.1) is 0 Å². The molecule has 1 aliphatic heterocycles. The number of carbonyl (C=O) groups excluding carboxylic acids is 1. The number of aromatic nitrogens is 2. The molecule has 1 fully saturated rings. The van der Waals surface area contributed by atoms with Crippen molar-refractivity contribution >= 4 is 29.5 Å². The molecule has 0 unspecified atom stereocenters. The fraction of sp³-hybridized carbons (Fsp3) is 0.421. The summed E-state index contributed by atoms with van der Waals surface area (Å²) >= 11 is 6.18. The van der Waals surface area contributed by atoms with Crippen LogP contribution >= 0.6 is 11.6 Å². The molecule has 144 valence electrons. The fourth-order valence-corrected chi connectivity index (χ4v) is 3.16. The number of nitrogens with zero attached hydrogens (tertiary/aromatic N) is 3. The number of hydrogen-bond acceptors (Lipinski definition) is 6. The number of halogens is 1. The number of rotatable bonds is 6. The summed E-state index contributed by atoms with van der Waals surface area (Å²) in [5.74, 6) is 1.31. The molecule has 3 rings (SSSR count). The van der Waals surface area contributed by atoms with Crippen LogP contribution in [0.3, 0.4) is 0 Å². The van der Waals surface area contributed by atoms with Gasteiger partial charge in [0.2, 0.25) is 5.95 Å². The standard InChI is InChI=1S/C19H24ClN5O2/c1-2-27-19(26)25-11-8-15(9-12-25)23-18-21-10-7-17(24-18)22-13-14-5-3-4-6-16(14)20/h3-7,10,15H,2,8-9,11-13H2,1H3,(H2,21,22,23,24). The lowest BCUT2D eigenvalue weighted by molar-refractivity contribution is 0.0983. The molecule has 0 aliphatic carbocycles. The molecule has 0 radical (unpaired) electrons. The predicted molar refractivity (Wildman–Crippen MR) is 106 cm³/mol. The number of benzene rings is 1. The predicted octanol–water partition coefficient (Wildman–Crippen LogP) is 3.77. The van der Waals surface area contributed by atoms with Crippen molar-refractivity contribution in [3.05, 3.63) is 47.1 Å². The molecule has 1 amide bonds. The Labute approximate surface area is 164 Å². The summed E-state index contributed by atoms with van der Waals surface area (Å²) < 4.78 is 5.05. The van der Waals surface area contributed by atoms with Gasteiger partial charge in [-0.1, -0.05) is 29.8 Å². The Morgan fingerprint density at radius 1 is 1.30 bits per heavy atom. The lowest BCUT2D eigenvalue weighted by Crippen LogP contribution is -2.42. The highest BCUT2D eigenvalue weighted by Gasteiger charge is 2.23. The molecule has 0 spiro atoms. The van der Waals surface area contributed by atoms with Gasteiger partial charge in [0.15, 0.2) is 0 Å². The van der Waals surface area contributed by atoms with Gasteiger partial charge in [0, 0.05) is 36.9 Å². The number of anilines is 2. The van der Waals surface area contributed by atoms with Crippen molar-refractivity contribution in [2.45, 2.75) is 32.4 Å². The van der Waals surface area contributed by atoms with Crippen LogP contribution in [0.2, 0.25) is 5.02 Å². The Morgan fingerprint density at radius 3 is 2.81 bits per heavy atom. The third-order valence-electron chi connectivity index (χ3n) is 4.43. The fourth-order valence-electron chi connectivity index (χ4n) is 2.96. The Balaban J connectivity index is 1.51. The maximum atomic E-state index is 11.8. The first kappa shape index (κ1) is 19.2. The summed E-state index contributed by atoms with van der Waals surface area (Å²) in [6.45, 7) is 4.14. The minimum absolute atomic E-state index is 0.231. The summed E-state index contributed by atoms with van der Waals surface area (Å²) in [7, 11) is 0. The number of carbonyl (C=O) groups is 1. The van der Waals surface area contributed by atoms with Crippen LogP contribution in [0.5, 0.6) is 0 Å². The van der Waals surface area contributed by atoms with Crippen molar-refractivity contribution in [2.75, 3.05) is 30.3 Å². The van der Waals surface area contributed by atoms with E-state index < -0.39 is 0 Å². The first-order valence-corrected chi connectivity index (χ1v) is 9.52. The van der Waals surface area contributed by atoms with Gasteiger partial charge < -0.3 is 20.3 Å². The molecule has 1 aromatic carbocycles. The molecule has 1 aliphatic rings. The van der Waals surface area contributed by atoms with E-state index >= 15 is 0 Å². The van der Waals surface area contributed by atoms with Crippen LogP contribution in [0.25, 0.3) is 0 Å². The van der Waals surface area contributed by atoms with E-state index in [4.69, 9.17) is 16.3 Å². The molecular weight excluding hydrogens is 366 g/mol. The van der Waals surface area contributed by atoms with Gasteiger partial charge in [0.25, 0.3) is 0 Å². The number of amides is 1.